The first-order valence-electron chi connectivity index (χ1n) is 4.69. The van der Waals surface area contributed by atoms with Crippen molar-refractivity contribution < 1.29 is 9.84 Å². The van der Waals surface area contributed by atoms with Crippen LogP contribution in [0.15, 0.2) is 12.4 Å². The molecule has 1 atom stereocenters. The lowest BCUT2D eigenvalue weighted by Gasteiger charge is -2.22. The van der Waals surface area contributed by atoms with E-state index < -0.39 is 5.60 Å². The van der Waals surface area contributed by atoms with Crippen molar-refractivity contribution in [1.29, 1.82) is 0 Å². The summed E-state index contributed by atoms with van der Waals surface area (Å²) in [6.07, 6.45) is 4.63. The number of aliphatic hydroxyl groups is 1. The zero-order valence-electron chi connectivity index (χ0n) is 8.82. The van der Waals surface area contributed by atoms with Crippen molar-refractivity contribution in [2.45, 2.75) is 32.3 Å². The van der Waals surface area contributed by atoms with Crippen LogP contribution in [-0.2, 0) is 5.60 Å². The first-order valence-corrected chi connectivity index (χ1v) is 4.69. The van der Waals surface area contributed by atoms with E-state index in [1.807, 2.05) is 6.92 Å². The third kappa shape index (κ3) is 2.20. The Morgan fingerprint density at radius 1 is 1.43 bits per heavy atom. The predicted molar refractivity (Wildman–Crippen MR) is 53.1 cm³/mol. The highest BCUT2D eigenvalue weighted by molar-refractivity contribution is 5.23. The second-order valence-corrected chi connectivity index (χ2v) is 3.44. The Morgan fingerprint density at radius 3 is 2.64 bits per heavy atom. The summed E-state index contributed by atoms with van der Waals surface area (Å²) < 4.78 is 5.04. The van der Waals surface area contributed by atoms with E-state index in [2.05, 4.69) is 9.97 Å². The lowest BCUT2D eigenvalue weighted by Crippen LogP contribution is -2.23. The molecule has 0 saturated heterocycles. The minimum Gasteiger partial charge on any atom is -0.480 e. The number of nitrogens with zero attached hydrogens (tertiary/aromatic N) is 2. The van der Waals surface area contributed by atoms with Gasteiger partial charge in [0.1, 0.15) is 11.3 Å². The standard InChI is InChI=1S/C10H16N2O2/c1-4-5-10(2,13)8-9(14-3)12-7-6-11-8/h6-7,13H,4-5H2,1-3H3. The van der Waals surface area contributed by atoms with E-state index in [-0.39, 0.29) is 0 Å². The Kier molecular flexibility index (Phi) is 3.41. The molecule has 0 amide bonds. The molecule has 1 aromatic rings. The van der Waals surface area contributed by atoms with Crippen molar-refractivity contribution >= 4 is 0 Å². The summed E-state index contributed by atoms with van der Waals surface area (Å²) in [6, 6.07) is 0. The molecule has 4 heteroatoms. The highest BCUT2D eigenvalue weighted by atomic mass is 16.5. The third-order valence-corrected chi connectivity index (χ3v) is 2.10. The molecular weight excluding hydrogens is 180 g/mol. The van der Waals surface area contributed by atoms with Gasteiger partial charge in [0.05, 0.1) is 7.11 Å². The van der Waals surface area contributed by atoms with E-state index >= 15 is 0 Å². The number of ether oxygens (including phenoxy) is 1. The molecular formula is C10H16N2O2. The van der Waals surface area contributed by atoms with Gasteiger partial charge in [-0.1, -0.05) is 13.3 Å². The fourth-order valence-corrected chi connectivity index (χ4v) is 1.45. The number of rotatable bonds is 4. The van der Waals surface area contributed by atoms with Crippen LogP contribution in [0, 0.1) is 0 Å². The van der Waals surface area contributed by atoms with Gasteiger partial charge in [-0.15, -0.1) is 0 Å². The van der Waals surface area contributed by atoms with Gasteiger partial charge in [-0.25, -0.2) is 4.98 Å². The third-order valence-electron chi connectivity index (χ3n) is 2.10. The lowest BCUT2D eigenvalue weighted by molar-refractivity contribution is 0.0391. The highest BCUT2D eigenvalue weighted by Gasteiger charge is 2.27. The Hall–Kier alpha value is -1.16. The van der Waals surface area contributed by atoms with Crippen molar-refractivity contribution in [1.82, 2.24) is 9.97 Å². The topological polar surface area (TPSA) is 55.2 Å². The molecule has 0 bridgehead atoms. The molecule has 0 aliphatic carbocycles. The quantitative estimate of drug-likeness (QED) is 0.792. The second-order valence-electron chi connectivity index (χ2n) is 3.44. The minimum atomic E-state index is -0.964. The van der Waals surface area contributed by atoms with E-state index in [0.29, 0.717) is 18.0 Å². The van der Waals surface area contributed by atoms with Crippen molar-refractivity contribution in [3.05, 3.63) is 18.1 Å². The van der Waals surface area contributed by atoms with Crippen LogP contribution in [0.5, 0.6) is 5.88 Å². The summed E-state index contributed by atoms with van der Waals surface area (Å²) in [6.45, 7) is 3.74. The molecule has 1 rings (SSSR count). The fraction of sp³-hybridized carbons (Fsp3) is 0.600. The SMILES string of the molecule is CCCC(C)(O)c1nccnc1OC. The Labute approximate surface area is 84.0 Å². The molecule has 4 nitrogen and oxygen atoms in total. The monoisotopic (exact) mass is 196 g/mol. The molecule has 78 valence electrons. The molecule has 1 heterocycles. The smallest absolute Gasteiger partial charge is 0.238 e. The van der Waals surface area contributed by atoms with Crippen LogP contribution in [0.4, 0.5) is 0 Å². The zero-order chi connectivity index (χ0) is 10.6. The molecule has 0 fully saturated rings. The molecule has 0 spiro atoms. The Balaban J connectivity index is 3.04. The van der Waals surface area contributed by atoms with Crippen molar-refractivity contribution in [3.63, 3.8) is 0 Å². The zero-order valence-corrected chi connectivity index (χ0v) is 8.82. The van der Waals surface area contributed by atoms with E-state index in [4.69, 9.17) is 4.74 Å². The first kappa shape index (κ1) is 10.9. The molecule has 1 aromatic heterocycles. The maximum atomic E-state index is 10.1. The summed E-state index contributed by atoms with van der Waals surface area (Å²) in [5.41, 5.74) is -0.460. The first-order chi connectivity index (χ1) is 6.61. The minimum absolute atomic E-state index is 0.394. The van der Waals surface area contributed by atoms with Gasteiger partial charge in [-0.2, -0.15) is 0 Å². The summed E-state index contributed by atoms with van der Waals surface area (Å²) in [4.78, 5) is 8.10. The van der Waals surface area contributed by atoms with Crippen LogP contribution in [-0.4, -0.2) is 22.2 Å². The van der Waals surface area contributed by atoms with Crippen LogP contribution in [0.2, 0.25) is 0 Å². The normalized spacial score (nSPS) is 14.9. The molecule has 0 aromatic carbocycles. The van der Waals surface area contributed by atoms with Gasteiger partial charge in [0.2, 0.25) is 5.88 Å². The number of hydrogen-bond acceptors (Lipinski definition) is 4. The van der Waals surface area contributed by atoms with E-state index in [1.165, 1.54) is 7.11 Å². The van der Waals surface area contributed by atoms with Gasteiger partial charge < -0.3 is 9.84 Å². The predicted octanol–water partition coefficient (Wildman–Crippen LogP) is 1.49. The molecule has 0 aliphatic rings. The largest absolute Gasteiger partial charge is 0.480 e. The lowest BCUT2D eigenvalue weighted by atomic mass is 9.96. The Bertz CT molecular complexity index is 300. The average molecular weight is 196 g/mol. The molecule has 1 unspecified atom stereocenters. The van der Waals surface area contributed by atoms with Gasteiger partial charge in [0, 0.05) is 12.4 Å². The maximum Gasteiger partial charge on any atom is 0.238 e. The maximum absolute atomic E-state index is 10.1. The van der Waals surface area contributed by atoms with Crippen molar-refractivity contribution in [2.75, 3.05) is 7.11 Å². The fourth-order valence-electron chi connectivity index (χ4n) is 1.45. The summed E-state index contributed by atoms with van der Waals surface area (Å²) >= 11 is 0. The summed E-state index contributed by atoms with van der Waals surface area (Å²) in [5.74, 6) is 0.394. The summed E-state index contributed by atoms with van der Waals surface area (Å²) in [7, 11) is 1.52. The average Bonchev–Trinajstić information content (AvgIpc) is 2.18. The highest BCUT2D eigenvalue weighted by Crippen LogP contribution is 2.29. The number of hydrogen-bond donors (Lipinski definition) is 1. The Morgan fingerprint density at radius 2 is 2.07 bits per heavy atom. The van der Waals surface area contributed by atoms with Gasteiger partial charge in [0.25, 0.3) is 0 Å². The van der Waals surface area contributed by atoms with Gasteiger partial charge in [-0.3, -0.25) is 4.98 Å². The van der Waals surface area contributed by atoms with Gasteiger partial charge >= 0.3 is 0 Å². The second kappa shape index (κ2) is 4.37. The molecule has 0 radical (unpaired) electrons. The van der Waals surface area contributed by atoms with E-state index in [0.717, 1.165) is 6.42 Å². The molecule has 14 heavy (non-hydrogen) atoms. The number of aromatic nitrogens is 2. The van der Waals surface area contributed by atoms with Crippen LogP contribution < -0.4 is 4.74 Å². The molecule has 1 N–H and O–H groups in total. The molecule has 0 saturated carbocycles. The van der Waals surface area contributed by atoms with Crippen LogP contribution in [0.1, 0.15) is 32.4 Å². The van der Waals surface area contributed by atoms with Gasteiger partial charge in [0.15, 0.2) is 0 Å². The van der Waals surface area contributed by atoms with E-state index in [9.17, 15) is 5.11 Å². The van der Waals surface area contributed by atoms with Crippen molar-refractivity contribution in [3.8, 4) is 5.88 Å². The van der Waals surface area contributed by atoms with Crippen molar-refractivity contribution in [2.24, 2.45) is 0 Å². The van der Waals surface area contributed by atoms with E-state index in [1.54, 1.807) is 19.3 Å². The summed E-state index contributed by atoms with van der Waals surface area (Å²) in [5, 5.41) is 10.1. The van der Waals surface area contributed by atoms with Gasteiger partial charge in [-0.05, 0) is 13.3 Å². The molecule has 0 aliphatic heterocycles. The number of methoxy groups -OCH3 is 1. The van der Waals surface area contributed by atoms with Crippen LogP contribution in [0.25, 0.3) is 0 Å². The van der Waals surface area contributed by atoms with Crippen LogP contribution in [0.3, 0.4) is 0 Å². The van der Waals surface area contributed by atoms with Crippen LogP contribution >= 0.6 is 0 Å².